The van der Waals surface area contributed by atoms with E-state index in [-0.39, 0.29) is 11.2 Å². The van der Waals surface area contributed by atoms with Crippen molar-refractivity contribution in [2.45, 2.75) is 12.2 Å². The van der Waals surface area contributed by atoms with Crippen LogP contribution in [0.1, 0.15) is 23.3 Å². The lowest BCUT2D eigenvalue weighted by molar-refractivity contribution is -0.118. The van der Waals surface area contributed by atoms with Gasteiger partial charge in [-0.05, 0) is 42.3 Å². The van der Waals surface area contributed by atoms with E-state index in [1.54, 1.807) is 6.21 Å². The largest absolute Gasteiger partial charge is 0.494 e. The number of carbonyl (C=O) groups excluding carboxylic acids is 1. The zero-order chi connectivity index (χ0) is 16.8. The molecule has 1 aliphatic rings. The van der Waals surface area contributed by atoms with E-state index in [2.05, 4.69) is 15.5 Å². The van der Waals surface area contributed by atoms with Crippen LogP contribution in [0.3, 0.4) is 0 Å². The summed E-state index contributed by atoms with van der Waals surface area (Å²) in [4.78, 5) is 12.0. The molecule has 0 radical (unpaired) electrons. The van der Waals surface area contributed by atoms with E-state index in [0.29, 0.717) is 11.8 Å². The number of nitrogens with zero attached hydrogens (tertiary/aromatic N) is 2. The monoisotopic (exact) mass is 339 g/mol. The second kappa shape index (κ2) is 7.79. The van der Waals surface area contributed by atoms with Crippen molar-refractivity contribution in [1.82, 2.24) is 5.32 Å². The van der Waals surface area contributed by atoms with Gasteiger partial charge in [0.05, 0.1) is 12.8 Å². The van der Waals surface area contributed by atoms with Crippen molar-refractivity contribution in [3.8, 4) is 5.75 Å². The van der Waals surface area contributed by atoms with Gasteiger partial charge in [-0.1, -0.05) is 42.1 Å². The maximum Gasteiger partial charge on any atom is 0.244 e. The molecule has 5 nitrogen and oxygen atoms in total. The van der Waals surface area contributed by atoms with Crippen LogP contribution in [0.5, 0.6) is 5.75 Å². The molecule has 1 unspecified atom stereocenters. The van der Waals surface area contributed by atoms with Crippen molar-refractivity contribution in [3.05, 3.63) is 65.7 Å². The molecule has 1 atom stereocenters. The Morgan fingerprint density at radius 1 is 1.17 bits per heavy atom. The second-order valence-electron chi connectivity index (χ2n) is 5.05. The topological polar surface area (TPSA) is 63.1 Å². The molecule has 2 aromatic rings. The first-order chi connectivity index (χ1) is 11.8. The van der Waals surface area contributed by atoms with Crippen LogP contribution in [-0.2, 0) is 4.79 Å². The molecule has 1 fully saturated rings. The Morgan fingerprint density at radius 2 is 1.92 bits per heavy atom. The Hall–Kier alpha value is -2.60. The number of hydrogen-bond donors (Lipinski definition) is 1. The van der Waals surface area contributed by atoms with Gasteiger partial charge in [-0.25, -0.2) is 0 Å². The number of ether oxygens (including phenoxy) is 1. The van der Waals surface area contributed by atoms with E-state index < -0.39 is 0 Å². The molecule has 0 bridgehead atoms. The zero-order valence-corrected chi connectivity index (χ0v) is 14.0. The first-order valence-corrected chi connectivity index (χ1v) is 8.50. The highest BCUT2D eigenvalue weighted by Crippen LogP contribution is 2.34. The van der Waals surface area contributed by atoms with Gasteiger partial charge < -0.3 is 10.1 Å². The lowest BCUT2D eigenvalue weighted by atomic mass is 10.1. The number of benzene rings is 2. The van der Waals surface area contributed by atoms with Gasteiger partial charge in [0, 0.05) is 0 Å². The van der Waals surface area contributed by atoms with Crippen LogP contribution >= 0.6 is 11.8 Å². The van der Waals surface area contributed by atoms with Crippen LogP contribution in [0.25, 0.3) is 0 Å². The lowest BCUT2D eigenvalue weighted by Gasteiger charge is -2.03. The van der Waals surface area contributed by atoms with E-state index >= 15 is 0 Å². The van der Waals surface area contributed by atoms with Crippen LogP contribution in [0.4, 0.5) is 0 Å². The molecule has 0 aromatic heterocycles. The van der Waals surface area contributed by atoms with E-state index in [1.807, 2.05) is 61.5 Å². The van der Waals surface area contributed by atoms with Crippen molar-refractivity contribution in [2.75, 3.05) is 6.61 Å². The van der Waals surface area contributed by atoms with E-state index in [1.165, 1.54) is 11.8 Å². The summed E-state index contributed by atoms with van der Waals surface area (Å²) in [5.74, 6) is 0.756. The molecule has 122 valence electrons. The fourth-order valence-electron chi connectivity index (χ4n) is 2.23. The molecule has 2 aromatic carbocycles. The summed E-state index contributed by atoms with van der Waals surface area (Å²) in [6.07, 6.45) is 1.64. The Kier molecular flexibility index (Phi) is 5.28. The molecule has 1 aliphatic heterocycles. The average Bonchev–Trinajstić information content (AvgIpc) is 2.98. The van der Waals surface area contributed by atoms with Gasteiger partial charge >= 0.3 is 0 Å². The summed E-state index contributed by atoms with van der Waals surface area (Å²) < 4.78 is 5.39. The van der Waals surface area contributed by atoms with Crippen molar-refractivity contribution in [3.63, 3.8) is 0 Å². The summed E-state index contributed by atoms with van der Waals surface area (Å²) in [6, 6.07) is 17.2. The number of amides is 1. The maximum atomic E-state index is 12.0. The van der Waals surface area contributed by atoms with Gasteiger partial charge in [-0.2, -0.15) is 5.10 Å². The summed E-state index contributed by atoms with van der Waals surface area (Å²) in [5.41, 5.74) is 1.87. The number of amidine groups is 1. The number of thioether (sulfide) groups is 1. The Morgan fingerprint density at radius 3 is 2.62 bits per heavy atom. The molecule has 1 saturated heterocycles. The lowest BCUT2D eigenvalue weighted by Crippen LogP contribution is -2.21. The first kappa shape index (κ1) is 16.3. The summed E-state index contributed by atoms with van der Waals surface area (Å²) in [7, 11) is 0. The molecular weight excluding hydrogens is 322 g/mol. The van der Waals surface area contributed by atoms with Crippen molar-refractivity contribution in [2.24, 2.45) is 10.2 Å². The Balaban J connectivity index is 1.64. The summed E-state index contributed by atoms with van der Waals surface area (Å²) in [5, 5.41) is 11.1. The van der Waals surface area contributed by atoms with Crippen LogP contribution in [0, 0.1) is 0 Å². The van der Waals surface area contributed by atoms with E-state index in [9.17, 15) is 4.79 Å². The van der Waals surface area contributed by atoms with Crippen LogP contribution in [0.15, 0.2) is 64.8 Å². The fraction of sp³-hybridized carbons (Fsp3) is 0.167. The highest BCUT2D eigenvalue weighted by Gasteiger charge is 2.31. The van der Waals surface area contributed by atoms with Gasteiger partial charge in [-0.3, -0.25) is 4.79 Å². The number of carbonyl (C=O) groups is 1. The highest BCUT2D eigenvalue weighted by molar-refractivity contribution is 8.15. The van der Waals surface area contributed by atoms with Crippen LogP contribution in [0.2, 0.25) is 0 Å². The third kappa shape index (κ3) is 4.02. The third-order valence-electron chi connectivity index (χ3n) is 3.35. The maximum absolute atomic E-state index is 12.0. The third-order valence-corrected chi connectivity index (χ3v) is 4.48. The van der Waals surface area contributed by atoms with Gasteiger partial charge in [0.15, 0.2) is 5.17 Å². The van der Waals surface area contributed by atoms with Crippen LogP contribution < -0.4 is 10.1 Å². The standard InChI is InChI=1S/C18H17N3O2S/c1-2-23-15-10-8-13(9-11-15)12-19-21-18-20-17(22)16(24-18)14-6-4-3-5-7-14/h3-12,16H,2H2,1H3,(H,20,21,22)/b19-12+. The Bertz CT molecular complexity index is 758. The van der Waals surface area contributed by atoms with Gasteiger partial charge in [0.1, 0.15) is 11.0 Å². The molecule has 0 saturated carbocycles. The Labute approximate surface area is 144 Å². The molecular formula is C18H17N3O2S. The van der Waals surface area contributed by atoms with Gasteiger partial charge in [0.2, 0.25) is 5.91 Å². The molecule has 0 aliphatic carbocycles. The van der Waals surface area contributed by atoms with E-state index in [0.717, 1.165) is 16.9 Å². The second-order valence-corrected chi connectivity index (χ2v) is 6.14. The predicted molar refractivity (Wildman–Crippen MR) is 97.6 cm³/mol. The molecule has 24 heavy (non-hydrogen) atoms. The van der Waals surface area contributed by atoms with Gasteiger partial charge in [0.25, 0.3) is 0 Å². The SMILES string of the molecule is CCOc1ccc(/C=N/N=C2/NC(=O)C(c3ccccc3)S2)cc1. The van der Waals surface area contributed by atoms with Gasteiger partial charge in [-0.15, -0.1) is 5.10 Å². The number of hydrogen-bond acceptors (Lipinski definition) is 5. The molecule has 1 amide bonds. The minimum atomic E-state index is -0.273. The minimum Gasteiger partial charge on any atom is -0.494 e. The van der Waals surface area contributed by atoms with Crippen molar-refractivity contribution < 1.29 is 9.53 Å². The average molecular weight is 339 g/mol. The smallest absolute Gasteiger partial charge is 0.244 e. The molecule has 1 N–H and O–H groups in total. The number of rotatable bonds is 5. The molecule has 0 spiro atoms. The highest BCUT2D eigenvalue weighted by atomic mass is 32.2. The quantitative estimate of drug-likeness (QED) is 0.671. The first-order valence-electron chi connectivity index (χ1n) is 7.62. The van der Waals surface area contributed by atoms with Crippen LogP contribution in [-0.4, -0.2) is 23.9 Å². The summed E-state index contributed by atoms with van der Waals surface area (Å²) in [6.45, 7) is 2.59. The summed E-state index contributed by atoms with van der Waals surface area (Å²) >= 11 is 1.37. The fourth-order valence-corrected chi connectivity index (χ4v) is 3.16. The number of nitrogens with one attached hydrogen (secondary N) is 1. The zero-order valence-electron chi connectivity index (χ0n) is 13.2. The molecule has 3 rings (SSSR count). The van der Waals surface area contributed by atoms with Crippen molar-refractivity contribution in [1.29, 1.82) is 0 Å². The minimum absolute atomic E-state index is 0.0683. The predicted octanol–water partition coefficient (Wildman–Crippen LogP) is 3.38. The normalized spacial score (nSPS) is 19.0. The molecule has 6 heteroatoms. The van der Waals surface area contributed by atoms with E-state index in [4.69, 9.17) is 4.74 Å². The molecule has 1 heterocycles. The van der Waals surface area contributed by atoms with Crippen molar-refractivity contribution >= 4 is 29.1 Å².